The number of pyridine rings is 1. The molecule has 0 aliphatic heterocycles. The Kier molecular flexibility index (Phi) is 4.68. The molecule has 5 nitrogen and oxygen atoms in total. The maximum absolute atomic E-state index is 14.1. The van der Waals surface area contributed by atoms with Crippen molar-refractivity contribution in [2.24, 2.45) is 5.14 Å². The number of fused-ring (bicyclic) bond motifs is 1. The lowest BCUT2D eigenvalue weighted by atomic mass is 10.2. The highest BCUT2D eigenvalue weighted by Gasteiger charge is 2.13. The zero-order chi connectivity index (χ0) is 17.1. The van der Waals surface area contributed by atoms with E-state index >= 15 is 0 Å². The predicted octanol–water partition coefficient (Wildman–Crippen LogP) is 4.25. The van der Waals surface area contributed by atoms with Gasteiger partial charge in [-0.2, -0.15) is 0 Å². The molecule has 0 fully saturated rings. The Balaban J connectivity index is 1.99. The van der Waals surface area contributed by atoms with E-state index in [1.807, 2.05) is 0 Å². The summed E-state index contributed by atoms with van der Waals surface area (Å²) in [6.45, 7) is 0. The van der Waals surface area contributed by atoms with Crippen molar-refractivity contribution < 1.29 is 18.3 Å². The predicted molar refractivity (Wildman–Crippen MR) is 90.1 cm³/mol. The van der Waals surface area contributed by atoms with Crippen LogP contribution in [0, 0.1) is 11.6 Å². The Hall–Kier alpha value is -2.58. The van der Waals surface area contributed by atoms with E-state index in [0.717, 1.165) is 12.1 Å². The molecule has 0 radical (unpaired) electrons. The first-order valence-electron chi connectivity index (χ1n) is 6.83. The highest BCUT2D eigenvalue weighted by Crippen LogP contribution is 2.34. The Morgan fingerprint density at radius 1 is 1.08 bits per heavy atom. The van der Waals surface area contributed by atoms with Crippen LogP contribution in [0.3, 0.4) is 0 Å². The van der Waals surface area contributed by atoms with Gasteiger partial charge >= 0.3 is 0 Å². The Morgan fingerprint density at radius 3 is 2.67 bits per heavy atom. The van der Waals surface area contributed by atoms with Crippen LogP contribution in [0.5, 0.6) is 17.2 Å². The summed E-state index contributed by atoms with van der Waals surface area (Å²) in [5.41, 5.74) is 0.558. The van der Waals surface area contributed by atoms with Crippen LogP contribution in [0.25, 0.3) is 10.9 Å². The molecule has 3 N–H and O–H groups in total. The minimum atomic E-state index is -0.716. The van der Waals surface area contributed by atoms with Crippen molar-refractivity contribution in [3.8, 4) is 17.2 Å². The van der Waals surface area contributed by atoms with Gasteiger partial charge in [0, 0.05) is 41.9 Å². The van der Waals surface area contributed by atoms with Crippen molar-refractivity contribution in [2.75, 3.05) is 11.8 Å². The zero-order valence-electron chi connectivity index (χ0n) is 12.5. The molecule has 0 saturated carbocycles. The lowest BCUT2D eigenvalue weighted by Gasteiger charge is -2.12. The first kappa shape index (κ1) is 16.3. The van der Waals surface area contributed by atoms with Crippen molar-refractivity contribution in [3.63, 3.8) is 0 Å². The normalized spacial score (nSPS) is 10.7. The lowest BCUT2D eigenvalue weighted by Crippen LogP contribution is -1.98. The summed E-state index contributed by atoms with van der Waals surface area (Å²) in [6.07, 6.45) is 1.52. The van der Waals surface area contributed by atoms with E-state index in [9.17, 15) is 8.78 Å². The average molecular weight is 349 g/mol. The highest BCUT2D eigenvalue weighted by atomic mass is 32.2. The van der Waals surface area contributed by atoms with E-state index in [-0.39, 0.29) is 11.4 Å². The van der Waals surface area contributed by atoms with Gasteiger partial charge in [-0.05, 0) is 18.2 Å². The van der Waals surface area contributed by atoms with Crippen molar-refractivity contribution in [1.82, 2.24) is 4.98 Å². The molecule has 3 rings (SSSR count). The fourth-order valence-electron chi connectivity index (χ4n) is 2.18. The third-order valence-corrected chi connectivity index (χ3v) is 3.66. The van der Waals surface area contributed by atoms with Gasteiger partial charge < -0.3 is 14.2 Å². The number of aromatic nitrogens is 1. The van der Waals surface area contributed by atoms with E-state index in [1.165, 1.54) is 6.20 Å². The Bertz CT molecular complexity index is 893. The van der Waals surface area contributed by atoms with Crippen LogP contribution in [-0.4, -0.2) is 12.1 Å². The molecular weight excluding hydrogens is 336 g/mol. The van der Waals surface area contributed by atoms with Gasteiger partial charge in [0.2, 0.25) is 0 Å². The van der Waals surface area contributed by atoms with Gasteiger partial charge in [0.1, 0.15) is 11.5 Å². The van der Waals surface area contributed by atoms with E-state index in [4.69, 9.17) is 14.6 Å². The first-order valence-corrected chi connectivity index (χ1v) is 7.71. The second-order valence-electron chi connectivity index (χ2n) is 4.78. The molecular formula is C16H13F2N3O2S. The van der Waals surface area contributed by atoms with Gasteiger partial charge in [-0.15, -0.1) is 0 Å². The number of hydrogen-bond acceptors (Lipinski definition) is 6. The average Bonchev–Trinajstić information content (AvgIpc) is 2.59. The molecule has 124 valence electrons. The number of anilines is 1. The van der Waals surface area contributed by atoms with Crippen LogP contribution in [0.2, 0.25) is 0 Å². The number of nitrogens with zero attached hydrogens (tertiary/aromatic N) is 1. The summed E-state index contributed by atoms with van der Waals surface area (Å²) in [7, 11) is 1.55. The van der Waals surface area contributed by atoms with Crippen LogP contribution in [-0.2, 0) is 0 Å². The molecule has 0 atom stereocenters. The SMILES string of the molecule is COc1ccc2c(Oc3cc(F)c(NSN)cc3F)ccnc2c1. The molecule has 0 unspecified atom stereocenters. The zero-order valence-corrected chi connectivity index (χ0v) is 13.4. The fraction of sp³-hybridized carbons (Fsp3) is 0.0625. The summed E-state index contributed by atoms with van der Waals surface area (Å²) in [5.74, 6) is -0.631. The molecule has 8 heteroatoms. The lowest BCUT2D eigenvalue weighted by molar-refractivity contribution is 0.415. The summed E-state index contributed by atoms with van der Waals surface area (Å²) in [6, 6.07) is 8.73. The maximum atomic E-state index is 14.1. The van der Waals surface area contributed by atoms with Crippen LogP contribution >= 0.6 is 12.1 Å². The molecule has 0 aliphatic rings. The van der Waals surface area contributed by atoms with Gasteiger partial charge in [0.25, 0.3) is 0 Å². The van der Waals surface area contributed by atoms with E-state index in [0.29, 0.717) is 34.5 Å². The van der Waals surface area contributed by atoms with Crippen molar-refractivity contribution in [2.45, 2.75) is 0 Å². The van der Waals surface area contributed by atoms with Crippen molar-refractivity contribution >= 4 is 28.7 Å². The van der Waals surface area contributed by atoms with Crippen LogP contribution in [0.1, 0.15) is 0 Å². The van der Waals surface area contributed by atoms with Gasteiger partial charge in [0.05, 0.1) is 18.3 Å². The maximum Gasteiger partial charge on any atom is 0.168 e. The molecule has 1 aromatic heterocycles. The molecule has 0 saturated heterocycles. The molecule has 0 spiro atoms. The highest BCUT2D eigenvalue weighted by molar-refractivity contribution is 7.98. The van der Waals surface area contributed by atoms with E-state index in [1.54, 1.807) is 31.4 Å². The number of hydrogen-bond donors (Lipinski definition) is 2. The number of ether oxygens (including phenoxy) is 2. The number of nitrogens with one attached hydrogen (secondary N) is 1. The monoisotopic (exact) mass is 349 g/mol. The van der Waals surface area contributed by atoms with E-state index in [2.05, 4.69) is 9.71 Å². The summed E-state index contributed by atoms with van der Waals surface area (Å²) in [5, 5.41) is 5.85. The standard InChI is InChI=1S/C16H13F2N3O2S/c1-22-9-2-3-10-13(6-9)20-5-4-15(10)23-16-8-11(17)14(21-24-19)7-12(16)18/h2-8,21H,19H2,1H3. The summed E-state index contributed by atoms with van der Waals surface area (Å²) in [4.78, 5) is 4.22. The van der Waals surface area contributed by atoms with E-state index < -0.39 is 11.6 Å². The molecule has 0 bridgehead atoms. The molecule has 2 aromatic carbocycles. The first-order chi connectivity index (χ1) is 11.6. The number of methoxy groups -OCH3 is 1. The van der Waals surface area contributed by atoms with Crippen molar-refractivity contribution in [3.05, 3.63) is 54.2 Å². The van der Waals surface area contributed by atoms with Gasteiger partial charge in [-0.25, -0.2) is 8.78 Å². The third-order valence-electron chi connectivity index (χ3n) is 3.32. The third kappa shape index (κ3) is 3.19. The smallest absolute Gasteiger partial charge is 0.168 e. The minimum Gasteiger partial charge on any atom is -0.497 e. The van der Waals surface area contributed by atoms with Gasteiger partial charge in [0.15, 0.2) is 17.4 Å². The molecule has 1 heterocycles. The van der Waals surface area contributed by atoms with Gasteiger partial charge in [-0.3, -0.25) is 10.1 Å². The largest absolute Gasteiger partial charge is 0.497 e. The quantitative estimate of drug-likeness (QED) is 0.671. The minimum absolute atomic E-state index is 0.0586. The number of halogens is 2. The molecule has 0 aliphatic carbocycles. The van der Waals surface area contributed by atoms with Crippen LogP contribution in [0.4, 0.5) is 14.5 Å². The van der Waals surface area contributed by atoms with Crippen molar-refractivity contribution in [1.29, 1.82) is 0 Å². The topological polar surface area (TPSA) is 69.4 Å². The second-order valence-corrected chi connectivity index (χ2v) is 5.22. The molecule has 3 aromatic rings. The summed E-state index contributed by atoms with van der Waals surface area (Å²) < 4.78 is 41.2. The van der Waals surface area contributed by atoms with Crippen LogP contribution < -0.4 is 19.3 Å². The van der Waals surface area contributed by atoms with Crippen LogP contribution in [0.15, 0.2) is 42.6 Å². The Morgan fingerprint density at radius 2 is 1.92 bits per heavy atom. The van der Waals surface area contributed by atoms with Gasteiger partial charge in [-0.1, -0.05) is 0 Å². The Labute approximate surface area is 141 Å². The summed E-state index contributed by atoms with van der Waals surface area (Å²) >= 11 is 0.675. The second kappa shape index (κ2) is 6.90. The number of benzene rings is 2. The fourth-order valence-corrected chi connectivity index (χ4v) is 2.47. The number of nitrogens with two attached hydrogens (primary N) is 1. The number of rotatable bonds is 5. The molecule has 24 heavy (non-hydrogen) atoms. The molecule has 0 amide bonds.